The second-order valence-corrected chi connectivity index (χ2v) is 5.56. The van der Waals surface area contributed by atoms with Gasteiger partial charge in [0.15, 0.2) is 17.5 Å². The Morgan fingerprint density at radius 1 is 1.16 bits per heavy atom. The lowest BCUT2D eigenvalue weighted by Gasteiger charge is -2.16. The van der Waals surface area contributed by atoms with Crippen molar-refractivity contribution in [3.63, 3.8) is 0 Å². The Morgan fingerprint density at radius 2 is 1.96 bits per heavy atom. The first-order valence-corrected chi connectivity index (χ1v) is 8.57. The number of hydrogen-bond acceptors (Lipinski definition) is 4. The van der Waals surface area contributed by atoms with Crippen LogP contribution in [0.5, 0.6) is 11.5 Å². The standard InChI is InChI=1S/C19H27N3O3/c1-4-20-19(21-12-11-16-8-7-13-24-16)22-14-15(2)25-18-10-6-5-9-17(18)23-3/h5-10,13,15H,4,11-12,14H2,1-3H3,(H2,20,21,22). The van der Waals surface area contributed by atoms with Gasteiger partial charge in [-0.15, -0.1) is 0 Å². The maximum atomic E-state index is 5.93. The second kappa shape index (κ2) is 10.3. The van der Waals surface area contributed by atoms with E-state index in [1.807, 2.05) is 50.2 Å². The van der Waals surface area contributed by atoms with Crippen LogP contribution in [-0.4, -0.2) is 38.8 Å². The molecule has 1 atom stereocenters. The van der Waals surface area contributed by atoms with Crippen molar-refractivity contribution in [2.45, 2.75) is 26.4 Å². The Kier molecular flexibility index (Phi) is 7.69. The maximum absolute atomic E-state index is 5.93. The number of ether oxygens (including phenoxy) is 2. The van der Waals surface area contributed by atoms with Gasteiger partial charge in [-0.1, -0.05) is 12.1 Å². The van der Waals surface area contributed by atoms with Gasteiger partial charge in [0.25, 0.3) is 0 Å². The molecule has 0 fully saturated rings. The van der Waals surface area contributed by atoms with Crippen molar-refractivity contribution < 1.29 is 13.9 Å². The van der Waals surface area contributed by atoms with Crippen LogP contribution in [-0.2, 0) is 6.42 Å². The summed E-state index contributed by atoms with van der Waals surface area (Å²) in [6.07, 6.45) is 2.42. The minimum atomic E-state index is -0.0724. The minimum Gasteiger partial charge on any atom is -0.493 e. The van der Waals surface area contributed by atoms with Crippen LogP contribution in [0.15, 0.2) is 52.1 Å². The zero-order valence-corrected chi connectivity index (χ0v) is 15.1. The molecular formula is C19H27N3O3. The van der Waals surface area contributed by atoms with Gasteiger partial charge in [0.05, 0.1) is 19.9 Å². The van der Waals surface area contributed by atoms with Crippen LogP contribution in [0.4, 0.5) is 0 Å². The number of hydrogen-bond donors (Lipinski definition) is 2. The lowest BCUT2D eigenvalue weighted by atomic mass is 10.3. The van der Waals surface area contributed by atoms with Crippen molar-refractivity contribution in [2.24, 2.45) is 4.99 Å². The van der Waals surface area contributed by atoms with Crippen LogP contribution >= 0.6 is 0 Å². The summed E-state index contributed by atoms with van der Waals surface area (Å²) >= 11 is 0. The normalized spacial score (nSPS) is 12.5. The molecule has 2 rings (SSSR count). The Labute approximate surface area is 149 Å². The molecule has 6 nitrogen and oxygen atoms in total. The van der Waals surface area contributed by atoms with Crippen molar-refractivity contribution in [1.82, 2.24) is 10.6 Å². The van der Waals surface area contributed by atoms with E-state index in [-0.39, 0.29) is 6.10 Å². The highest BCUT2D eigenvalue weighted by Gasteiger charge is 2.08. The third-order valence-corrected chi connectivity index (χ3v) is 3.49. The molecule has 0 aliphatic rings. The molecule has 25 heavy (non-hydrogen) atoms. The lowest BCUT2D eigenvalue weighted by Crippen LogP contribution is -2.39. The summed E-state index contributed by atoms with van der Waals surface area (Å²) in [4.78, 5) is 4.58. The van der Waals surface area contributed by atoms with Gasteiger partial charge in [0, 0.05) is 19.5 Å². The molecule has 1 aromatic heterocycles. The van der Waals surface area contributed by atoms with Crippen molar-refractivity contribution in [3.05, 3.63) is 48.4 Å². The van der Waals surface area contributed by atoms with Gasteiger partial charge in [-0.25, -0.2) is 4.99 Å². The van der Waals surface area contributed by atoms with E-state index in [1.165, 1.54) is 0 Å². The summed E-state index contributed by atoms with van der Waals surface area (Å²) in [5.74, 6) is 3.17. The quantitative estimate of drug-likeness (QED) is 0.540. The molecule has 0 radical (unpaired) electrons. The number of furan rings is 1. The van der Waals surface area contributed by atoms with E-state index in [0.717, 1.165) is 42.7 Å². The lowest BCUT2D eigenvalue weighted by molar-refractivity contribution is 0.219. The van der Waals surface area contributed by atoms with Crippen molar-refractivity contribution >= 4 is 5.96 Å². The number of para-hydroxylation sites is 2. The summed E-state index contributed by atoms with van der Waals surface area (Å²) in [6, 6.07) is 11.5. The van der Waals surface area contributed by atoms with E-state index >= 15 is 0 Å². The zero-order valence-electron chi connectivity index (χ0n) is 15.1. The van der Waals surface area contributed by atoms with Gasteiger partial charge < -0.3 is 24.5 Å². The Bertz CT molecular complexity index is 641. The van der Waals surface area contributed by atoms with E-state index in [0.29, 0.717) is 6.54 Å². The molecule has 0 amide bonds. The first kappa shape index (κ1) is 18.7. The molecule has 1 aromatic carbocycles. The number of methoxy groups -OCH3 is 1. The highest BCUT2D eigenvalue weighted by molar-refractivity contribution is 5.79. The summed E-state index contributed by atoms with van der Waals surface area (Å²) in [5, 5.41) is 6.53. The monoisotopic (exact) mass is 345 g/mol. The summed E-state index contributed by atoms with van der Waals surface area (Å²) in [7, 11) is 1.64. The van der Waals surface area contributed by atoms with Gasteiger partial charge >= 0.3 is 0 Å². The van der Waals surface area contributed by atoms with Crippen molar-refractivity contribution in [2.75, 3.05) is 26.7 Å². The predicted molar refractivity (Wildman–Crippen MR) is 99.5 cm³/mol. The van der Waals surface area contributed by atoms with Gasteiger partial charge in [0.1, 0.15) is 11.9 Å². The van der Waals surface area contributed by atoms with Gasteiger partial charge in [-0.3, -0.25) is 0 Å². The van der Waals surface area contributed by atoms with E-state index in [9.17, 15) is 0 Å². The number of nitrogens with zero attached hydrogens (tertiary/aromatic N) is 1. The summed E-state index contributed by atoms with van der Waals surface area (Å²) in [6.45, 7) is 6.12. The average Bonchev–Trinajstić information content (AvgIpc) is 3.13. The molecule has 0 saturated carbocycles. The zero-order chi connectivity index (χ0) is 17.9. The average molecular weight is 345 g/mol. The highest BCUT2D eigenvalue weighted by atomic mass is 16.5. The molecule has 6 heteroatoms. The van der Waals surface area contributed by atoms with E-state index in [1.54, 1.807) is 13.4 Å². The third-order valence-electron chi connectivity index (χ3n) is 3.49. The smallest absolute Gasteiger partial charge is 0.191 e. The molecule has 2 N–H and O–H groups in total. The molecular weight excluding hydrogens is 318 g/mol. The van der Waals surface area contributed by atoms with Crippen LogP contribution in [0.1, 0.15) is 19.6 Å². The van der Waals surface area contributed by atoms with Crippen LogP contribution in [0, 0.1) is 0 Å². The molecule has 2 aromatic rings. The number of nitrogens with one attached hydrogen (secondary N) is 2. The molecule has 0 saturated heterocycles. The minimum absolute atomic E-state index is 0.0724. The number of aliphatic imine (C=N–C) groups is 1. The van der Waals surface area contributed by atoms with Crippen molar-refractivity contribution in [1.29, 1.82) is 0 Å². The molecule has 0 bridgehead atoms. The Balaban J connectivity index is 1.84. The van der Waals surface area contributed by atoms with Crippen molar-refractivity contribution in [3.8, 4) is 11.5 Å². The fraction of sp³-hybridized carbons (Fsp3) is 0.421. The first-order chi connectivity index (χ1) is 12.2. The fourth-order valence-electron chi connectivity index (χ4n) is 2.29. The molecule has 0 aliphatic carbocycles. The second-order valence-electron chi connectivity index (χ2n) is 5.56. The number of rotatable bonds is 9. The predicted octanol–water partition coefficient (Wildman–Crippen LogP) is 2.85. The number of guanidine groups is 1. The van der Waals surface area contributed by atoms with Crippen LogP contribution in [0.3, 0.4) is 0 Å². The van der Waals surface area contributed by atoms with E-state index in [4.69, 9.17) is 13.9 Å². The van der Waals surface area contributed by atoms with Crippen LogP contribution < -0.4 is 20.1 Å². The Morgan fingerprint density at radius 3 is 2.64 bits per heavy atom. The molecule has 1 unspecified atom stereocenters. The topological polar surface area (TPSA) is 68.0 Å². The third kappa shape index (κ3) is 6.41. The van der Waals surface area contributed by atoms with Gasteiger partial charge in [-0.05, 0) is 38.1 Å². The van der Waals surface area contributed by atoms with E-state index in [2.05, 4.69) is 15.6 Å². The van der Waals surface area contributed by atoms with Gasteiger partial charge in [-0.2, -0.15) is 0 Å². The van der Waals surface area contributed by atoms with Crippen LogP contribution in [0.25, 0.3) is 0 Å². The molecule has 0 spiro atoms. The van der Waals surface area contributed by atoms with E-state index < -0.39 is 0 Å². The Hall–Kier alpha value is -2.63. The summed E-state index contributed by atoms with van der Waals surface area (Å²) in [5.41, 5.74) is 0. The first-order valence-electron chi connectivity index (χ1n) is 8.57. The van der Waals surface area contributed by atoms with Gasteiger partial charge in [0.2, 0.25) is 0 Å². The largest absolute Gasteiger partial charge is 0.493 e. The molecule has 1 heterocycles. The number of benzene rings is 1. The summed E-state index contributed by atoms with van der Waals surface area (Å²) < 4.78 is 16.6. The highest BCUT2D eigenvalue weighted by Crippen LogP contribution is 2.26. The van der Waals surface area contributed by atoms with Crippen LogP contribution in [0.2, 0.25) is 0 Å². The fourth-order valence-corrected chi connectivity index (χ4v) is 2.29. The SMILES string of the molecule is CCNC(=NCC(C)Oc1ccccc1OC)NCCc1ccco1. The molecule has 136 valence electrons. The molecule has 0 aliphatic heterocycles. The maximum Gasteiger partial charge on any atom is 0.191 e.